The zero-order chi connectivity index (χ0) is 13.2. The molecule has 2 heterocycles. The van der Waals surface area contributed by atoms with Crippen molar-refractivity contribution in [2.24, 2.45) is 0 Å². The van der Waals surface area contributed by atoms with E-state index < -0.39 is 10.0 Å². The summed E-state index contributed by atoms with van der Waals surface area (Å²) in [6, 6.07) is 1.44. The zero-order valence-corrected chi connectivity index (χ0v) is 12.3. The lowest BCUT2D eigenvalue weighted by Crippen LogP contribution is -2.23. The number of hydrogen-bond acceptors (Lipinski definition) is 5. The van der Waals surface area contributed by atoms with Gasteiger partial charge in [0.15, 0.2) is 0 Å². The summed E-state index contributed by atoms with van der Waals surface area (Å²) in [6.45, 7) is -0.0942. The van der Waals surface area contributed by atoms with Crippen molar-refractivity contribution in [1.29, 1.82) is 0 Å². The van der Waals surface area contributed by atoms with Crippen LogP contribution in [0, 0.1) is 0 Å². The Morgan fingerprint density at radius 1 is 1.56 bits per heavy atom. The average molecular weight is 352 g/mol. The van der Waals surface area contributed by atoms with Crippen LogP contribution < -0.4 is 4.72 Å². The van der Waals surface area contributed by atoms with Crippen LogP contribution in [0.1, 0.15) is 10.7 Å². The predicted octanol–water partition coefficient (Wildman–Crippen LogP) is 1.20. The van der Waals surface area contributed by atoms with Crippen molar-refractivity contribution in [3.63, 3.8) is 0 Å². The Hall–Kier alpha value is -0.740. The number of H-pyrrole nitrogens is 1. The van der Waals surface area contributed by atoms with Crippen molar-refractivity contribution in [2.45, 2.75) is 18.0 Å². The highest BCUT2D eigenvalue weighted by atomic mass is 79.9. The third kappa shape index (κ3) is 2.98. The van der Waals surface area contributed by atoms with Gasteiger partial charge in [-0.3, -0.25) is 0 Å². The Kier molecular flexibility index (Phi) is 4.17. The zero-order valence-electron chi connectivity index (χ0n) is 9.05. The minimum absolute atomic E-state index is 0.0894. The normalized spacial score (nSPS) is 11.9. The average Bonchev–Trinajstić information content (AvgIpc) is 2.95. The van der Waals surface area contributed by atoms with E-state index in [9.17, 15) is 8.42 Å². The number of thiophene rings is 1. The summed E-state index contributed by atoms with van der Waals surface area (Å²) >= 11 is 4.37. The molecule has 0 saturated heterocycles. The van der Waals surface area contributed by atoms with Crippen LogP contribution in [0.5, 0.6) is 0 Å². The number of imidazole rings is 1. The summed E-state index contributed by atoms with van der Waals surface area (Å²) in [4.78, 5) is 7.44. The molecule has 0 bridgehead atoms. The molecule has 0 aliphatic carbocycles. The molecule has 0 unspecified atom stereocenters. The molecule has 2 aromatic heterocycles. The molecular formula is C9H10BrN3O3S2. The van der Waals surface area contributed by atoms with Crippen molar-refractivity contribution in [2.75, 3.05) is 0 Å². The van der Waals surface area contributed by atoms with Gasteiger partial charge in [0, 0.05) is 17.3 Å². The summed E-state index contributed by atoms with van der Waals surface area (Å²) < 4.78 is 26.9. The second kappa shape index (κ2) is 5.49. The third-order valence-corrected chi connectivity index (χ3v) is 5.77. The fourth-order valence-electron chi connectivity index (χ4n) is 1.29. The quantitative estimate of drug-likeness (QED) is 0.754. The maximum Gasteiger partial charge on any atom is 0.242 e. The van der Waals surface area contributed by atoms with Crippen LogP contribution in [0.15, 0.2) is 27.1 Å². The molecular weight excluding hydrogens is 342 g/mol. The molecule has 98 valence electrons. The Morgan fingerprint density at radius 2 is 2.33 bits per heavy atom. The van der Waals surface area contributed by atoms with Gasteiger partial charge in [0.05, 0.1) is 16.9 Å². The topological polar surface area (TPSA) is 95.1 Å². The van der Waals surface area contributed by atoms with Gasteiger partial charge in [-0.1, -0.05) is 0 Å². The molecule has 0 aromatic carbocycles. The van der Waals surface area contributed by atoms with Gasteiger partial charge in [0.25, 0.3) is 0 Å². The number of halogens is 1. The van der Waals surface area contributed by atoms with E-state index in [1.807, 2.05) is 0 Å². The summed E-state index contributed by atoms with van der Waals surface area (Å²) in [5.74, 6) is 0.535. The van der Waals surface area contributed by atoms with E-state index in [4.69, 9.17) is 5.11 Å². The van der Waals surface area contributed by atoms with Crippen LogP contribution in [-0.4, -0.2) is 23.5 Å². The van der Waals surface area contributed by atoms with Gasteiger partial charge in [-0.25, -0.2) is 18.1 Å². The van der Waals surface area contributed by atoms with E-state index >= 15 is 0 Å². The first-order valence-electron chi connectivity index (χ1n) is 4.90. The number of aromatic amines is 1. The molecule has 0 radical (unpaired) electrons. The fraction of sp³-hybridized carbons (Fsp3) is 0.222. The molecule has 2 aromatic rings. The largest absolute Gasteiger partial charge is 0.391 e. The second-order valence-corrected chi connectivity index (χ2v) is 7.56. The molecule has 0 atom stereocenters. The Morgan fingerprint density at radius 3 is 2.89 bits per heavy atom. The fourth-order valence-corrected chi connectivity index (χ4v) is 4.82. The van der Waals surface area contributed by atoms with Crippen molar-refractivity contribution < 1.29 is 13.5 Å². The molecule has 0 aliphatic heterocycles. The monoisotopic (exact) mass is 351 g/mol. The first-order chi connectivity index (χ1) is 8.53. The smallest absolute Gasteiger partial charge is 0.242 e. The highest BCUT2D eigenvalue weighted by Crippen LogP contribution is 2.31. The summed E-state index contributed by atoms with van der Waals surface area (Å²) in [7, 11) is -3.61. The van der Waals surface area contributed by atoms with E-state index in [1.165, 1.54) is 17.4 Å². The molecule has 0 fully saturated rings. The number of hydrogen-bond donors (Lipinski definition) is 3. The number of nitrogens with zero attached hydrogens (tertiary/aromatic N) is 1. The van der Waals surface area contributed by atoms with E-state index in [2.05, 4.69) is 30.6 Å². The number of aromatic nitrogens is 2. The maximum atomic E-state index is 12.0. The van der Waals surface area contributed by atoms with E-state index in [1.54, 1.807) is 12.4 Å². The van der Waals surface area contributed by atoms with Gasteiger partial charge in [-0.15, -0.1) is 11.3 Å². The minimum atomic E-state index is -3.61. The Bertz CT molecular complexity index is 622. The van der Waals surface area contributed by atoms with Gasteiger partial charge < -0.3 is 10.1 Å². The van der Waals surface area contributed by atoms with E-state index in [-0.39, 0.29) is 18.0 Å². The first-order valence-corrected chi connectivity index (χ1v) is 7.99. The molecule has 18 heavy (non-hydrogen) atoms. The van der Waals surface area contributed by atoms with E-state index in [0.29, 0.717) is 14.5 Å². The molecule has 3 N–H and O–H groups in total. The van der Waals surface area contributed by atoms with Crippen molar-refractivity contribution in [3.8, 4) is 0 Å². The molecule has 0 spiro atoms. The van der Waals surface area contributed by atoms with Crippen LogP contribution in [-0.2, 0) is 23.2 Å². The Balaban J connectivity index is 2.17. The predicted molar refractivity (Wildman–Crippen MR) is 70.6 cm³/mol. The number of rotatable bonds is 5. The standard InChI is InChI=1S/C9H10BrN3O3S2/c10-9-7(3-6(5-14)17-9)18(15,16)13-4-8-11-1-2-12-8/h1-3,13-14H,4-5H2,(H,11,12). The van der Waals surface area contributed by atoms with Crippen molar-refractivity contribution >= 4 is 37.3 Å². The summed E-state index contributed by atoms with van der Waals surface area (Å²) in [5, 5.41) is 8.98. The SMILES string of the molecule is O=S(=O)(NCc1ncc[nH]1)c1cc(CO)sc1Br. The lowest BCUT2D eigenvalue weighted by atomic mass is 10.5. The van der Waals surface area contributed by atoms with E-state index in [0.717, 1.165) is 0 Å². The van der Waals surface area contributed by atoms with Crippen molar-refractivity contribution in [3.05, 3.63) is 32.9 Å². The molecule has 0 saturated carbocycles. The Labute approximate surface area is 116 Å². The van der Waals surface area contributed by atoms with Gasteiger partial charge >= 0.3 is 0 Å². The molecule has 0 amide bonds. The van der Waals surface area contributed by atoms with Crippen LogP contribution in [0.4, 0.5) is 0 Å². The lowest BCUT2D eigenvalue weighted by molar-refractivity contribution is 0.285. The molecule has 0 aliphatic rings. The third-order valence-electron chi connectivity index (χ3n) is 2.14. The van der Waals surface area contributed by atoms with Crippen LogP contribution >= 0.6 is 27.3 Å². The molecule has 9 heteroatoms. The molecule has 6 nitrogen and oxygen atoms in total. The van der Waals surface area contributed by atoms with Gasteiger partial charge in [0.1, 0.15) is 10.7 Å². The van der Waals surface area contributed by atoms with Gasteiger partial charge in [-0.2, -0.15) is 0 Å². The van der Waals surface area contributed by atoms with Gasteiger partial charge in [0.2, 0.25) is 10.0 Å². The first kappa shape index (κ1) is 13.7. The highest BCUT2D eigenvalue weighted by Gasteiger charge is 2.20. The number of nitrogens with one attached hydrogen (secondary N) is 2. The van der Waals surface area contributed by atoms with Crippen LogP contribution in [0.3, 0.4) is 0 Å². The maximum absolute atomic E-state index is 12.0. The van der Waals surface area contributed by atoms with Crippen molar-refractivity contribution in [1.82, 2.24) is 14.7 Å². The van der Waals surface area contributed by atoms with Crippen LogP contribution in [0.2, 0.25) is 0 Å². The number of aliphatic hydroxyl groups excluding tert-OH is 1. The van der Waals surface area contributed by atoms with Crippen LogP contribution in [0.25, 0.3) is 0 Å². The lowest BCUT2D eigenvalue weighted by Gasteiger charge is -2.03. The molecule has 2 rings (SSSR count). The number of aliphatic hydroxyl groups is 1. The van der Waals surface area contributed by atoms with Gasteiger partial charge in [-0.05, 0) is 22.0 Å². The number of sulfonamides is 1. The second-order valence-electron chi connectivity index (χ2n) is 3.37. The highest BCUT2D eigenvalue weighted by molar-refractivity contribution is 9.11. The summed E-state index contributed by atoms with van der Waals surface area (Å²) in [5.41, 5.74) is 0. The summed E-state index contributed by atoms with van der Waals surface area (Å²) in [6.07, 6.45) is 3.17. The minimum Gasteiger partial charge on any atom is -0.391 e.